The zero-order valence-electron chi connectivity index (χ0n) is 55.9. The van der Waals surface area contributed by atoms with E-state index >= 15 is 0 Å². The fraction of sp³-hybridized carbons (Fsp3) is 0.563. The molecule has 1 aromatic carbocycles. The first-order valence-electron chi connectivity index (χ1n) is 34.5. The quantitative estimate of drug-likeness (QED) is 0.0352. The van der Waals surface area contributed by atoms with Gasteiger partial charge in [-0.2, -0.15) is 9.59 Å². The van der Waals surface area contributed by atoms with Gasteiger partial charge in [0.15, 0.2) is 0 Å². The van der Waals surface area contributed by atoms with Gasteiger partial charge in [0, 0.05) is 113 Å². The molecule has 0 radical (unpaired) electrons. The van der Waals surface area contributed by atoms with Gasteiger partial charge < -0.3 is 56.1 Å². The number of rotatable bonds is 24. The molecular formula is C71H99N15O10. The first kappa shape index (κ1) is 72.6. The lowest BCUT2D eigenvalue weighted by atomic mass is 9.95. The summed E-state index contributed by atoms with van der Waals surface area (Å²) in [6, 6.07) is 10.4. The van der Waals surface area contributed by atoms with Crippen molar-refractivity contribution >= 4 is 39.4 Å². The Morgan fingerprint density at radius 2 is 0.917 bits per heavy atom. The molecule has 10 heterocycles. The van der Waals surface area contributed by atoms with Crippen LogP contribution in [0, 0.1) is 29.6 Å². The molecule has 4 aliphatic heterocycles. The van der Waals surface area contributed by atoms with Crippen LogP contribution in [0.4, 0.5) is 0 Å². The van der Waals surface area contributed by atoms with E-state index in [0.29, 0.717) is 79.2 Å². The number of hydrogen-bond donors (Lipinski definition) is 11. The van der Waals surface area contributed by atoms with Crippen molar-refractivity contribution in [3.63, 3.8) is 0 Å². The maximum Gasteiger partial charge on any atom is 0.373 e. The number of aryl methyl sites for hydroxylation is 1. The molecule has 0 saturated carbocycles. The second-order valence-electron chi connectivity index (χ2n) is 27.2. The van der Waals surface area contributed by atoms with Gasteiger partial charge in [-0.3, -0.25) is 38.8 Å². The third-order valence-corrected chi connectivity index (χ3v) is 19.7. The summed E-state index contributed by atoms with van der Waals surface area (Å²) in [6.45, 7) is 16.8. The zero-order valence-corrected chi connectivity index (χ0v) is 55.9. The number of β-amino-alcohol motifs (C(OH)–C–C–N with tert-alkyl or cyclic N) is 4. The standard InChI is InChI=1S/C19H22N4O2.C18H27N3O2.C17H25N3O2.C16H25N5O2.CO2/c24-16-11-23(9-14(16)7-6-13-4-2-1-3-5-13)10-15-8-20-18-17(15)21-12-22-19(18)25;1-2-3-4-5-6-13-9-21(11-16(13)22)10-14-7-8-15-17(14)19-12-20-18(15)23;1-11(2)3-4-12-7-20(9-15(12)21)8-13-5-6-14-16(13)18-10-19-17(14)22;17-5-3-1-2-4-11-7-21(9-13(11)22)8-12-6-18-15-14(12)19-10-20-16(15)23;2-1-3/h1-5,8,12,14,16,20,24H,6-7,9-11H2,(H,21,22,25);7,12-13,16,22H,2-6,8-11H2,1H3,(H,19,20,23);5,10-12,15,21H,3-4,6-9H2,1-2H3,(H,18,19,22);6,10-11,13,18,22H,1-5,7-9,17H2,(H,19,20,23);/t14-,16-;13-,16-;12-,15-;11-,13-;/m0000./s1. The van der Waals surface area contributed by atoms with Crippen molar-refractivity contribution in [1.82, 2.24) is 69.4 Å². The summed E-state index contributed by atoms with van der Waals surface area (Å²) in [5.74, 6) is 2.05. The van der Waals surface area contributed by atoms with Crippen LogP contribution < -0.4 is 28.0 Å². The molecule has 2 aliphatic carbocycles. The number of benzene rings is 1. The molecule has 7 aromatic rings. The van der Waals surface area contributed by atoms with Crippen LogP contribution in [0.25, 0.3) is 33.2 Å². The summed E-state index contributed by atoms with van der Waals surface area (Å²) in [5.41, 5.74) is 16.4. The third-order valence-electron chi connectivity index (χ3n) is 19.7. The number of nitrogens with one attached hydrogen (secondary N) is 6. The van der Waals surface area contributed by atoms with Crippen molar-refractivity contribution in [2.75, 3.05) is 72.0 Å². The molecule has 0 amide bonds. The van der Waals surface area contributed by atoms with Crippen LogP contribution in [0.1, 0.15) is 137 Å². The monoisotopic (exact) mass is 1320 g/mol. The van der Waals surface area contributed by atoms with Gasteiger partial charge >= 0.3 is 6.15 Å². The van der Waals surface area contributed by atoms with E-state index < -0.39 is 0 Å². The Morgan fingerprint density at radius 1 is 0.510 bits per heavy atom. The highest BCUT2D eigenvalue weighted by atomic mass is 16.3. The number of carbonyl (C=O) groups excluding carboxylic acids is 2. The molecule has 6 aliphatic rings. The predicted molar refractivity (Wildman–Crippen MR) is 368 cm³/mol. The van der Waals surface area contributed by atoms with Crippen molar-refractivity contribution in [3.05, 3.63) is 161 Å². The fourth-order valence-electron chi connectivity index (χ4n) is 14.4. The molecule has 25 nitrogen and oxygen atoms in total. The van der Waals surface area contributed by atoms with Gasteiger partial charge in [-0.05, 0) is 104 Å². The van der Waals surface area contributed by atoms with Gasteiger partial charge in [-0.1, -0.05) is 108 Å². The van der Waals surface area contributed by atoms with E-state index in [1.807, 2.05) is 18.5 Å². The lowest BCUT2D eigenvalue weighted by Crippen LogP contribution is -2.24. The number of hydrogen-bond acceptors (Lipinski definition) is 19. The number of aromatic nitrogens is 10. The van der Waals surface area contributed by atoms with Crippen LogP contribution >= 0.6 is 0 Å². The minimum Gasteiger partial charge on any atom is -0.391 e. The second-order valence-corrected chi connectivity index (χ2v) is 27.2. The van der Waals surface area contributed by atoms with E-state index in [1.54, 1.807) is 0 Å². The highest BCUT2D eigenvalue weighted by molar-refractivity contribution is 5.78. The van der Waals surface area contributed by atoms with E-state index in [9.17, 15) is 39.6 Å². The highest BCUT2D eigenvalue weighted by Crippen LogP contribution is 2.32. The van der Waals surface area contributed by atoms with Crippen molar-refractivity contribution in [1.29, 1.82) is 0 Å². The summed E-state index contributed by atoms with van der Waals surface area (Å²) in [4.78, 5) is 106. The summed E-state index contributed by atoms with van der Waals surface area (Å²) in [5, 5.41) is 41.2. The average molecular weight is 1320 g/mol. The normalized spacial score (nSPS) is 22.3. The molecule has 13 rings (SSSR count). The predicted octanol–water partition coefficient (Wildman–Crippen LogP) is 5.07. The van der Waals surface area contributed by atoms with Gasteiger partial charge in [0.2, 0.25) is 0 Å². The van der Waals surface area contributed by atoms with Crippen LogP contribution in [-0.2, 0) is 41.9 Å². The molecule has 0 bridgehead atoms. The first-order valence-corrected chi connectivity index (χ1v) is 34.5. The number of unbranched alkanes of at least 4 members (excludes halogenated alkanes) is 5. The minimum atomic E-state index is -0.301. The lowest BCUT2D eigenvalue weighted by Gasteiger charge is -2.17. The molecular weight excluding hydrogens is 1220 g/mol. The molecule has 25 heteroatoms. The molecule has 4 fully saturated rings. The van der Waals surface area contributed by atoms with Crippen molar-refractivity contribution in [3.8, 4) is 0 Å². The van der Waals surface area contributed by atoms with Crippen LogP contribution in [0.15, 0.2) is 99.4 Å². The molecule has 0 unspecified atom stereocenters. The number of aromatic amines is 6. The number of likely N-dealkylation sites (tertiary alicyclic amines) is 4. The topological polar surface area (TPSA) is 369 Å². The molecule has 518 valence electrons. The minimum absolute atomic E-state index is 0.0310. The number of H-pyrrole nitrogens is 6. The Bertz CT molecular complexity index is 3930. The summed E-state index contributed by atoms with van der Waals surface area (Å²) in [6.07, 6.45) is 29.0. The van der Waals surface area contributed by atoms with E-state index in [1.165, 1.54) is 56.6 Å². The number of aliphatic hydroxyl groups is 4. The maximum absolute atomic E-state index is 11.8. The Kier molecular flexibility index (Phi) is 27.3. The van der Waals surface area contributed by atoms with E-state index in [4.69, 9.17) is 15.3 Å². The number of nitrogens with zero attached hydrogens (tertiary/aromatic N) is 8. The molecule has 12 N–H and O–H groups in total. The molecule has 0 spiro atoms. The Morgan fingerprint density at radius 3 is 1.35 bits per heavy atom. The van der Waals surface area contributed by atoms with Crippen molar-refractivity contribution < 1.29 is 30.0 Å². The van der Waals surface area contributed by atoms with Gasteiger partial charge in [-0.25, -0.2) is 19.9 Å². The van der Waals surface area contributed by atoms with Crippen LogP contribution in [0.5, 0.6) is 0 Å². The summed E-state index contributed by atoms with van der Waals surface area (Å²) < 4.78 is 0. The molecule has 96 heavy (non-hydrogen) atoms. The molecule has 4 saturated heterocycles. The largest absolute Gasteiger partial charge is 0.391 e. The van der Waals surface area contributed by atoms with Gasteiger partial charge in [0.05, 0.1) is 72.1 Å². The number of aliphatic hydroxyl groups excluding tert-OH is 4. The number of allylic oxidation sites excluding steroid dienone is 2. The Balaban J connectivity index is 0.000000148. The van der Waals surface area contributed by atoms with E-state index in [-0.39, 0.29) is 58.7 Å². The van der Waals surface area contributed by atoms with Gasteiger partial charge in [-0.15, -0.1) is 0 Å². The maximum atomic E-state index is 11.8. The van der Waals surface area contributed by atoms with Crippen LogP contribution in [-0.4, -0.2) is 192 Å². The number of nitrogens with two attached hydrogens (primary N) is 1. The fourth-order valence-corrected chi connectivity index (χ4v) is 14.4. The van der Waals surface area contributed by atoms with Gasteiger partial charge in [0.1, 0.15) is 11.0 Å². The molecule has 8 atom stereocenters. The SMILES string of the molecule is CC(C)CC[C@H]1CN(CC2=CCc3c2nc[nH]c3=O)C[C@@H]1O.CCCCCC[C@H]1CN(CC2=CCc3c2nc[nH]c3=O)C[C@@H]1O.NCCCCC[C@H]1CN(Cc2c[nH]c3c(=O)[nH]cnc23)C[C@@H]1O.O=C=O.O=c1[nH]cnc2c(CN3C[C@H](CCc4ccccc4)[C@@H](O)C3)c[nH]c12. The van der Waals surface area contributed by atoms with Crippen molar-refractivity contribution in [2.24, 2.45) is 35.3 Å². The third kappa shape index (κ3) is 19.8. The average Bonchev–Trinajstić information content (AvgIpc) is 1.77. The van der Waals surface area contributed by atoms with Crippen LogP contribution in [0.3, 0.4) is 0 Å². The smallest absolute Gasteiger partial charge is 0.373 e. The van der Waals surface area contributed by atoms with E-state index in [0.717, 1.165) is 167 Å². The second kappa shape index (κ2) is 36.1. The number of fused-ring (bicyclic) bond motifs is 4. The summed E-state index contributed by atoms with van der Waals surface area (Å²) in [7, 11) is 0. The first-order chi connectivity index (χ1) is 46.5. The summed E-state index contributed by atoms with van der Waals surface area (Å²) >= 11 is 0. The van der Waals surface area contributed by atoms with Crippen LogP contribution in [0.2, 0.25) is 0 Å². The van der Waals surface area contributed by atoms with E-state index in [2.05, 4.69) is 127 Å². The van der Waals surface area contributed by atoms with Gasteiger partial charge in [0.25, 0.3) is 22.2 Å². The molecule has 6 aromatic heterocycles. The highest BCUT2D eigenvalue weighted by Gasteiger charge is 2.36. The zero-order chi connectivity index (χ0) is 68.1. The van der Waals surface area contributed by atoms with Crippen molar-refractivity contribution in [2.45, 2.75) is 155 Å². The Hall–Kier alpha value is -7.68. The Labute approximate surface area is 559 Å². The lowest BCUT2D eigenvalue weighted by molar-refractivity contribution is -0.191.